The maximum atomic E-state index is 13.7. The number of esters is 1. The molecule has 1 saturated carbocycles. The molecule has 0 radical (unpaired) electrons. The minimum absolute atomic E-state index is 0.292. The minimum Gasteiger partial charge on any atom is -0.465 e. The number of rotatable bonds is 5. The first-order valence-corrected chi connectivity index (χ1v) is 8.28. The first-order valence-electron chi connectivity index (χ1n) is 7.49. The zero-order valence-electron chi connectivity index (χ0n) is 12.2. The molecule has 5 heteroatoms. The monoisotopic (exact) mass is 357 g/mol. The number of hydrogen-bond donors (Lipinski definition) is 1. The molecule has 1 aromatic rings. The highest BCUT2D eigenvalue weighted by atomic mass is 79.9. The van der Waals surface area contributed by atoms with Gasteiger partial charge in [-0.15, -0.1) is 0 Å². The molecule has 2 rings (SSSR count). The lowest BCUT2D eigenvalue weighted by atomic mass is 9.94. The molecular formula is C16H21BrFNO2. The van der Waals surface area contributed by atoms with Gasteiger partial charge in [-0.3, -0.25) is 5.32 Å². The average molecular weight is 358 g/mol. The van der Waals surface area contributed by atoms with Gasteiger partial charge in [0.2, 0.25) is 0 Å². The molecule has 1 fully saturated rings. The van der Waals surface area contributed by atoms with Gasteiger partial charge in [-0.2, -0.15) is 0 Å². The fourth-order valence-electron chi connectivity index (χ4n) is 2.72. The van der Waals surface area contributed by atoms with Crippen LogP contribution in [0, 0.1) is 5.82 Å². The molecule has 0 bridgehead atoms. The summed E-state index contributed by atoms with van der Waals surface area (Å²) in [5, 5.41) is 3.35. The van der Waals surface area contributed by atoms with Crippen LogP contribution in [0.2, 0.25) is 0 Å². The van der Waals surface area contributed by atoms with Crippen molar-refractivity contribution in [3.05, 3.63) is 34.1 Å². The fourth-order valence-corrected chi connectivity index (χ4v) is 2.97. The third kappa shape index (κ3) is 4.51. The number of carbonyl (C=O) groups is 1. The van der Waals surface area contributed by atoms with Crippen molar-refractivity contribution in [1.29, 1.82) is 0 Å². The van der Waals surface area contributed by atoms with Crippen LogP contribution in [0.1, 0.15) is 50.6 Å². The summed E-state index contributed by atoms with van der Waals surface area (Å²) in [6.07, 6.45) is 5.68. The number of nitrogens with one attached hydrogen (secondary N) is 1. The molecule has 1 aliphatic rings. The van der Waals surface area contributed by atoms with E-state index in [4.69, 9.17) is 4.74 Å². The molecule has 1 aromatic carbocycles. The van der Waals surface area contributed by atoms with Gasteiger partial charge in [0.15, 0.2) is 0 Å². The molecule has 1 unspecified atom stereocenters. The molecule has 3 nitrogen and oxygen atoms in total. The summed E-state index contributed by atoms with van der Waals surface area (Å²) in [4.78, 5) is 12.2. The SMILES string of the molecule is CCOC(=O)C(NC1CCCCC1)c1ccc(Br)c(F)c1. The van der Waals surface area contributed by atoms with Crippen LogP contribution in [-0.2, 0) is 9.53 Å². The average Bonchev–Trinajstić information content (AvgIpc) is 2.49. The van der Waals surface area contributed by atoms with E-state index < -0.39 is 6.04 Å². The normalized spacial score (nSPS) is 17.5. The Morgan fingerprint density at radius 1 is 1.43 bits per heavy atom. The van der Waals surface area contributed by atoms with Crippen molar-refractivity contribution in [2.75, 3.05) is 6.61 Å². The standard InChI is InChI=1S/C16H21BrFNO2/c1-2-21-16(20)15(19-12-6-4-3-5-7-12)11-8-9-13(17)14(18)10-11/h8-10,12,15,19H,2-7H2,1H3. The van der Waals surface area contributed by atoms with Crippen LogP contribution in [0.3, 0.4) is 0 Å². The Bertz CT molecular complexity index is 489. The lowest BCUT2D eigenvalue weighted by molar-refractivity contribution is -0.146. The smallest absolute Gasteiger partial charge is 0.327 e. The molecule has 21 heavy (non-hydrogen) atoms. The second-order valence-corrected chi connectivity index (χ2v) is 6.21. The maximum absolute atomic E-state index is 13.7. The van der Waals surface area contributed by atoms with Gasteiger partial charge in [0.1, 0.15) is 11.9 Å². The predicted molar refractivity (Wildman–Crippen MR) is 83.5 cm³/mol. The van der Waals surface area contributed by atoms with E-state index in [0.717, 1.165) is 12.8 Å². The fraction of sp³-hybridized carbons (Fsp3) is 0.562. The van der Waals surface area contributed by atoms with Gasteiger partial charge in [-0.25, -0.2) is 9.18 Å². The van der Waals surface area contributed by atoms with Gasteiger partial charge in [-0.1, -0.05) is 25.3 Å². The maximum Gasteiger partial charge on any atom is 0.327 e. The van der Waals surface area contributed by atoms with Crippen LogP contribution in [0.4, 0.5) is 4.39 Å². The summed E-state index contributed by atoms with van der Waals surface area (Å²) in [5.74, 6) is -0.711. The number of benzene rings is 1. The van der Waals surface area contributed by atoms with Crippen LogP contribution < -0.4 is 5.32 Å². The van der Waals surface area contributed by atoms with E-state index in [1.807, 2.05) is 0 Å². The van der Waals surface area contributed by atoms with E-state index in [-0.39, 0.29) is 11.8 Å². The van der Waals surface area contributed by atoms with Gasteiger partial charge < -0.3 is 4.74 Å². The van der Waals surface area contributed by atoms with Crippen molar-refractivity contribution in [3.8, 4) is 0 Å². The van der Waals surface area contributed by atoms with Crippen molar-refractivity contribution in [2.45, 2.75) is 51.1 Å². The second kappa shape index (κ2) is 7.90. The molecular weight excluding hydrogens is 337 g/mol. The molecule has 116 valence electrons. The lowest BCUT2D eigenvalue weighted by Crippen LogP contribution is -2.39. The quantitative estimate of drug-likeness (QED) is 0.805. The van der Waals surface area contributed by atoms with E-state index in [2.05, 4.69) is 21.2 Å². The van der Waals surface area contributed by atoms with Crippen molar-refractivity contribution < 1.29 is 13.9 Å². The Balaban J connectivity index is 2.17. The number of carbonyl (C=O) groups excluding carboxylic acids is 1. The summed E-state index contributed by atoms with van der Waals surface area (Å²) in [7, 11) is 0. The Morgan fingerprint density at radius 2 is 2.14 bits per heavy atom. The van der Waals surface area contributed by atoms with Gasteiger partial charge in [-0.05, 0) is 53.4 Å². The molecule has 1 aliphatic carbocycles. The molecule has 0 aliphatic heterocycles. The van der Waals surface area contributed by atoms with Crippen LogP contribution >= 0.6 is 15.9 Å². The third-order valence-electron chi connectivity index (χ3n) is 3.81. The Morgan fingerprint density at radius 3 is 2.76 bits per heavy atom. The van der Waals surface area contributed by atoms with Gasteiger partial charge >= 0.3 is 5.97 Å². The highest BCUT2D eigenvalue weighted by molar-refractivity contribution is 9.10. The number of halogens is 2. The van der Waals surface area contributed by atoms with Crippen molar-refractivity contribution >= 4 is 21.9 Å². The van der Waals surface area contributed by atoms with Gasteiger partial charge in [0.25, 0.3) is 0 Å². The van der Waals surface area contributed by atoms with Crippen molar-refractivity contribution in [2.24, 2.45) is 0 Å². The highest BCUT2D eigenvalue weighted by Gasteiger charge is 2.26. The molecule has 0 heterocycles. The first kappa shape index (κ1) is 16.4. The Hall–Kier alpha value is -0.940. The second-order valence-electron chi connectivity index (χ2n) is 5.36. The predicted octanol–water partition coefficient (Wildman–Crippen LogP) is 4.11. The van der Waals surface area contributed by atoms with Gasteiger partial charge in [0.05, 0.1) is 11.1 Å². The highest BCUT2D eigenvalue weighted by Crippen LogP contribution is 2.25. The zero-order valence-corrected chi connectivity index (χ0v) is 13.8. The van der Waals surface area contributed by atoms with Gasteiger partial charge in [0, 0.05) is 6.04 Å². The molecule has 1 N–H and O–H groups in total. The van der Waals surface area contributed by atoms with E-state index >= 15 is 0 Å². The van der Waals surface area contributed by atoms with Crippen LogP contribution in [0.5, 0.6) is 0 Å². The summed E-state index contributed by atoms with van der Waals surface area (Å²) < 4.78 is 19.3. The Labute approximate surface area is 133 Å². The van der Waals surface area contributed by atoms with Crippen LogP contribution in [-0.4, -0.2) is 18.6 Å². The molecule has 0 aromatic heterocycles. The third-order valence-corrected chi connectivity index (χ3v) is 4.45. The largest absolute Gasteiger partial charge is 0.465 e. The topological polar surface area (TPSA) is 38.3 Å². The van der Waals surface area contributed by atoms with E-state index in [1.165, 1.54) is 25.3 Å². The van der Waals surface area contributed by atoms with E-state index in [1.54, 1.807) is 19.1 Å². The summed E-state index contributed by atoms with van der Waals surface area (Å²) in [5.41, 5.74) is 0.611. The van der Waals surface area contributed by atoms with Crippen LogP contribution in [0.25, 0.3) is 0 Å². The number of hydrogen-bond acceptors (Lipinski definition) is 3. The van der Waals surface area contributed by atoms with Crippen molar-refractivity contribution in [1.82, 2.24) is 5.32 Å². The molecule has 0 spiro atoms. The van der Waals surface area contributed by atoms with Crippen LogP contribution in [0.15, 0.2) is 22.7 Å². The summed E-state index contributed by atoms with van der Waals surface area (Å²) in [6, 6.07) is 4.46. The Kier molecular flexibility index (Phi) is 6.18. The molecule has 1 atom stereocenters. The minimum atomic E-state index is -0.601. The summed E-state index contributed by atoms with van der Waals surface area (Å²) >= 11 is 3.13. The number of ether oxygens (including phenoxy) is 1. The molecule has 0 saturated heterocycles. The first-order chi connectivity index (χ1) is 10.1. The molecule has 0 amide bonds. The van der Waals surface area contributed by atoms with E-state index in [0.29, 0.717) is 22.7 Å². The summed E-state index contributed by atoms with van der Waals surface area (Å²) in [6.45, 7) is 2.10. The zero-order chi connectivity index (χ0) is 15.2. The van der Waals surface area contributed by atoms with E-state index in [9.17, 15) is 9.18 Å². The van der Waals surface area contributed by atoms with Crippen molar-refractivity contribution in [3.63, 3.8) is 0 Å². The lowest BCUT2D eigenvalue weighted by Gasteiger charge is -2.27.